The summed E-state index contributed by atoms with van der Waals surface area (Å²) in [5.41, 5.74) is 8.64. The van der Waals surface area contributed by atoms with Crippen LogP contribution in [0, 0.1) is 5.92 Å². The lowest BCUT2D eigenvalue weighted by Gasteiger charge is -2.22. The summed E-state index contributed by atoms with van der Waals surface area (Å²) in [6, 6.07) is 4.43. The molecule has 120 valence electrons. The van der Waals surface area contributed by atoms with Gasteiger partial charge in [0.2, 0.25) is 5.95 Å². The predicted octanol–water partition coefficient (Wildman–Crippen LogP) is 3.32. The van der Waals surface area contributed by atoms with Crippen LogP contribution in [0.4, 0.5) is 5.95 Å². The first-order valence-electron chi connectivity index (χ1n) is 8.41. The lowest BCUT2D eigenvalue weighted by Crippen LogP contribution is -2.17. The van der Waals surface area contributed by atoms with Crippen molar-refractivity contribution < 1.29 is 0 Å². The Morgan fingerprint density at radius 2 is 2.17 bits per heavy atom. The Morgan fingerprint density at radius 1 is 1.35 bits per heavy atom. The van der Waals surface area contributed by atoms with E-state index in [9.17, 15) is 0 Å². The van der Waals surface area contributed by atoms with Gasteiger partial charge in [-0.25, -0.2) is 9.50 Å². The van der Waals surface area contributed by atoms with Crippen LogP contribution in [0.15, 0.2) is 30.7 Å². The molecule has 1 atom stereocenters. The minimum absolute atomic E-state index is 0.277. The van der Waals surface area contributed by atoms with E-state index >= 15 is 0 Å². The van der Waals surface area contributed by atoms with Crippen molar-refractivity contribution in [2.24, 2.45) is 5.92 Å². The maximum Gasteiger partial charge on any atom is 0.238 e. The second kappa shape index (κ2) is 5.68. The molecule has 0 bridgehead atoms. The Morgan fingerprint density at radius 3 is 2.96 bits per heavy atom. The molecule has 0 saturated heterocycles. The van der Waals surface area contributed by atoms with E-state index in [4.69, 9.17) is 5.73 Å². The third kappa shape index (κ3) is 2.48. The molecule has 23 heavy (non-hydrogen) atoms. The molecule has 0 amide bonds. The number of nitrogens with zero attached hydrogens (tertiary/aromatic N) is 5. The molecule has 0 spiro atoms. The third-order valence-corrected chi connectivity index (χ3v) is 4.98. The van der Waals surface area contributed by atoms with Gasteiger partial charge in [-0.2, -0.15) is 5.10 Å². The minimum atomic E-state index is 0.277. The van der Waals surface area contributed by atoms with E-state index in [0.717, 1.165) is 29.1 Å². The van der Waals surface area contributed by atoms with Gasteiger partial charge in [-0.05, 0) is 37.3 Å². The maximum absolute atomic E-state index is 5.84. The van der Waals surface area contributed by atoms with Crippen molar-refractivity contribution in [2.45, 2.75) is 45.1 Å². The van der Waals surface area contributed by atoms with E-state index in [1.165, 1.54) is 25.7 Å². The van der Waals surface area contributed by atoms with Crippen molar-refractivity contribution in [1.29, 1.82) is 0 Å². The highest BCUT2D eigenvalue weighted by atomic mass is 15.3. The summed E-state index contributed by atoms with van der Waals surface area (Å²) in [5.74, 6) is 1.02. The fourth-order valence-electron chi connectivity index (χ4n) is 3.88. The molecule has 6 heteroatoms. The zero-order valence-electron chi connectivity index (χ0n) is 13.4. The molecule has 3 aromatic heterocycles. The normalized spacial score (nSPS) is 17.1. The third-order valence-electron chi connectivity index (χ3n) is 4.98. The highest BCUT2D eigenvalue weighted by Crippen LogP contribution is 2.36. The first-order chi connectivity index (χ1) is 11.3. The molecule has 3 aromatic rings. The van der Waals surface area contributed by atoms with E-state index in [1.54, 1.807) is 4.52 Å². The van der Waals surface area contributed by atoms with Crippen LogP contribution in [-0.2, 0) is 0 Å². The van der Waals surface area contributed by atoms with Crippen molar-refractivity contribution in [3.8, 4) is 11.3 Å². The van der Waals surface area contributed by atoms with Gasteiger partial charge < -0.3 is 5.73 Å². The molecule has 4 rings (SSSR count). The summed E-state index contributed by atoms with van der Waals surface area (Å²) in [6.07, 6.45) is 12.3. The Hall–Kier alpha value is -2.37. The van der Waals surface area contributed by atoms with Crippen LogP contribution in [0.5, 0.6) is 0 Å². The zero-order valence-corrected chi connectivity index (χ0v) is 13.4. The van der Waals surface area contributed by atoms with Crippen molar-refractivity contribution in [3.05, 3.63) is 30.7 Å². The van der Waals surface area contributed by atoms with Crippen LogP contribution in [-0.4, -0.2) is 24.4 Å². The number of rotatable bonds is 4. The number of aromatic nitrogens is 5. The van der Waals surface area contributed by atoms with Gasteiger partial charge in [0, 0.05) is 18.0 Å². The van der Waals surface area contributed by atoms with E-state index in [-0.39, 0.29) is 5.95 Å². The van der Waals surface area contributed by atoms with Crippen molar-refractivity contribution in [1.82, 2.24) is 24.4 Å². The van der Waals surface area contributed by atoms with Crippen LogP contribution in [0.3, 0.4) is 0 Å². The van der Waals surface area contributed by atoms with Crippen LogP contribution < -0.4 is 5.73 Å². The van der Waals surface area contributed by atoms with Gasteiger partial charge in [0.1, 0.15) is 5.69 Å². The predicted molar refractivity (Wildman–Crippen MR) is 89.9 cm³/mol. The fourth-order valence-corrected chi connectivity index (χ4v) is 3.88. The summed E-state index contributed by atoms with van der Waals surface area (Å²) in [5, 5.41) is 8.83. The van der Waals surface area contributed by atoms with Crippen LogP contribution in [0.2, 0.25) is 0 Å². The molecule has 1 unspecified atom stereocenters. The van der Waals surface area contributed by atoms with Gasteiger partial charge in [-0.3, -0.25) is 4.68 Å². The molecule has 0 aromatic carbocycles. The second-order valence-corrected chi connectivity index (χ2v) is 6.39. The van der Waals surface area contributed by atoms with Crippen molar-refractivity contribution >= 4 is 11.5 Å². The molecule has 3 heterocycles. The Labute approximate surface area is 135 Å². The summed E-state index contributed by atoms with van der Waals surface area (Å²) >= 11 is 0. The van der Waals surface area contributed by atoms with Crippen LogP contribution in [0.25, 0.3) is 16.8 Å². The molecule has 1 aliphatic rings. The van der Waals surface area contributed by atoms with E-state index in [2.05, 4.69) is 33.0 Å². The summed E-state index contributed by atoms with van der Waals surface area (Å²) < 4.78 is 3.90. The molecule has 2 N–H and O–H groups in total. The number of nitrogens with two attached hydrogens (primary N) is 1. The summed E-state index contributed by atoms with van der Waals surface area (Å²) in [6.45, 7) is 2.25. The molecular formula is C17H22N6. The number of hydrogen-bond donors (Lipinski definition) is 1. The second-order valence-electron chi connectivity index (χ2n) is 6.39. The molecule has 1 saturated carbocycles. The Balaban J connectivity index is 1.73. The zero-order chi connectivity index (χ0) is 15.8. The Kier molecular flexibility index (Phi) is 3.52. The highest BCUT2D eigenvalue weighted by Gasteiger charge is 2.26. The smallest absolute Gasteiger partial charge is 0.238 e. The van der Waals surface area contributed by atoms with Gasteiger partial charge >= 0.3 is 0 Å². The monoisotopic (exact) mass is 310 g/mol. The van der Waals surface area contributed by atoms with Crippen molar-refractivity contribution in [3.63, 3.8) is 0 Å². The number of hydrogen-bond acceptors (Lipinski definition) is 4. The van der Waals surface area contributed by atoms with E-state index < -0.39 is 0 Å². The van der Waals surface area contributed by atoms with Crippen LogP contribution in [0.1, 0.15) is 45.1 Å². The topological polar surface area (TPSA) is 74.0 Å². The molecule has 6 nitrogen and oxygen atoms in total. The maximum atomic E-state index is 5.84. The quantitative estimate of drug-likeness (QED) is 0.802. The first-order valence-corrected chi connectivity index (χ1v) is 8.41. The molecule has 0 radical (unpaired) electrons. The average Bonchev–Trinajstić information content (AvgIpc) is 3.28. The average molecular weight is 310 g/mol. The Bertz CT molecular complexity index is 811. The summed E-state index contributed by atoms with van der Waals surface area (Å²) in [4.78, 5) is 4.43. The van der Waals surface area contributed by atoms with Gasteiger partial charge in [-0.15, -0.1) is 5.10 Å². The van der Waals surface area contributed by atoms with Gasteiger partial charge in [0.25, 0.3) is 0 Å². The van der Waals surface area contributed by atoms with Gasteiger partial charge in [-0.1, -0.05) is 19.8 Å². The summed E-state index contributed by atoms with van der Waals surface area (Å²) in [7, 11) is 0. The molecule has 1 fully saturated rings. The van der Waals surface area contributed by atoms with Crippen molar-refractivity contribution in [2.75, 3.05) is 5.73 Å². The number of anilines is 1. The van der Waals surface area contributed by atoms with E-state index in [0.29, 0.717) is 6.04 Å². The van der Waals surface area contributed by atoms with Gasteiger partial charge in [0.15, 0.2) is 0 Å². The SMILES string of the molecule is CCC(C1CCCC1)n1cc(-c2nc(N)nn3cccc23)cn1. The van der Waals surface area contributed by atoms with Crippen LogP contribution >= 0.6 is 0 Å². The standard InChI is InChI=1S/C17H22N6/c1-2-14(12-6-3-4-7-12)23-11-13(10-19-23)16-15-8-5-9-22(15)21-17(18)20-16/h5,8-12,14H,2-4,6-7H2,1H3,(H2,18,21). The lowest BCUT2D eigenvalue weighted by molar-refractivity contribution is 0.301. The number of fused-ring (bicyclic) bond motifs is 1. The number of nitrogen functional groups attached to an aromatic ring is 1. The molecular weight excluding hydrogens is 288 g/mol. The van der Waals surface area contributed by atoms with E-state index in [1.807, 2.05) is 24.5 Å². The fraction of sp³-hybridized carbons (Fsp3) is 0.471. The molecule has 1 aliphatic carbocycles. The first kappa shape index (κ1) is 14.2. The van der Waals surface area contributed by atoms with Gasteiger partial charge in [0.05, 0.1) is 17.8 Å². The lowest BCUT2D eigenvalue weighted by atomic mass is 9.96. The highest BCUT2D eigenvalue weighted by molar-refractivity contribution is 5.76. The minimum Gasteiger partial charge on any atom is -0.367 e. The molecule has 0 aliphatic heterocycles. The largest absolute Gasteiger partial charge is 0.367 e.